The van der Waals surface area contributed by atoms with Crippen LogP contribution in [0, 0.1) is 0 Å². The summed E-state index contributed by atoms with van der Waals surface area (Å²) in [6.07, 6.45) is 6.61. The van der Waals surface area contributed by atoms with Gasteiger partial charge in [-0.2, -0.15) is 4.31 Å². The fraction of sp³-hybridized carbons (Fsp3) is 0.588. The lowest BCUT2D eigenvalue weighted by Crippen LogP contribution is -2.28. The third kappa shape index (κ3) is 3.76. The van der Waals surface area contributed by atoms with Crippen LogP contribution in [0.4, 0.5) is 0 Å². The lowest BCUT2D eigenvalue weighted by atomic mass is 9.98. The van der Waals surface area contributed by atoms with Gasteiger partial charge in [0, 0.05) is 13.1 Å². The zero-order chi connectivity index (χ0) is 17.2. The second-order valence-electron chi connectivity index (χ2n) is 6.42. The van der Waals surface area contributed by atoms with Crippen molar-refractivity contribution < 1.29 is 17.9 Å². The van der Waals surface area contributed by atoms with Crippen LogP contribution >= 0.6 is 11.6 Å². The van der Waals surface area contributed by atoms with Gasteiger partial charge in [0.2, 0.25) is 10.0 Å². The standard InChI is InChI=1S/C17H22ClNO4S/c18-16-9-8-14(24(21,22)19-10-4-5-11-19)12-15(16)17(20)23-13-6-2-1-3-7-13/h8-9,12-13H,1-7,10-11H2. The lowest BCUT2D eigenvalue weighted by molar-refractivity contribution is 0.0211. The highest BCUT2D eigenvalue weighted by Crippen LogP contribution is 2.27. The molecule has 0 aromatic heterocycles. The van der Waals surface area contributed by atoms with Gasteiger partial charge < -0.3 is 4.74 Å². The molecule has 1 aromatic rings. The first kappa shape index (κ1) is 17.7. The molecule has 1 aliphatic heterocycles. The molecule has 1 aliphatic carbocycles. The van der Waals surface area contributed by atoms with Crippen LogP contribution < -0.4 is 0 Å². The Bertz CT molecular complexity index is 707. The Balaban J connectivity index is 1.81. The Morgan fingerprint density at radius 3 is 2.42 bits per heavy atom. The Morgan fingerprint density at radius 2 is 1.75 bits per heavy atom. The summed E-state index contributed by atoms with van der Waals surface area (Å²) in [6, 6.07) is 4.26. The SMILES string of the molecule is O=C(OC1CCCCC1)c1cc(S(=O)(=O)N2CCCC2)ccc1Cl. The Hall–Kier alpha value is -1.11. The van der Waals surface area contributed by atoms with E-state index in [2.05, 4.69) is 0 Å². The summed E-state index contributed by atoms with van der Waals surface area (Å²) in [4.78, 5) is 12.5. The smallest absolute Gasteiger partial charge is 0.339 e. The molecule has 3 rings (SSSR count). The highest BCUT2D eigenvalue weighted by molar-refractivity contribution is 7.89. The molecule has 5 nitrogen and oxygen atoms in total. The van der Waals surface area contributed by atoms with Crippen LogP contribution in [0.1, 0.15) is 55.3 Å². The van der Waals surface area contributed by atoms with E-state index in [9.17, 15) is 13.2 Å². The van der Waals surface area contributed by atoms with Crippen LogP contribution in [0.2, 0.25) is 5.02 Å². The molecule has 7 heteroatoms. The molecule has 24 heavy (non-hydrogen) atoms. The van der Waals surface area contributed by atoms with Crippen molar-refractivity contribution in [2.75, 3.05) is 13.1 Å². The number of halogens is 1. The summed E-state index contributed by atoms with van der Waals surface area (Å²) in [5, 5.41) is 0.219. The van der Waals surface area contributed by atoms with Crippen molar-refractivity contribution in [3.63, 3.8) is 0 Å². The maximum absolute atomic E-state index is 12.6. The summed E-state index contributed by atoms with van der Waals surface area (Å²) < 4.78 is 32.3. The monoisotopic (exact) mass is 371 g/mol. The van der Waals surface area contributed by atoms with E-state index in [0.29, 0.717) is 13.1 Å². The molecule has 0 amide bonds. The van der Waals surface area contributed by atoms with Crippen molar-refractivity contribution in [2.45, 2.75) is 55.9 Å². The third-order valence-corrected chi connectivity index (χ3v) is 6.91. The van der Waals surface area contributed by atoms with E-state index in [1.807, 2.05) is 0 Å². The number of rotatable bonds is 4. The van der Waals surface area contributed by atoms with E-state index in [-0.39, 0.29) is 21.6 Å². The number of benzene rings is 1. The molecule has 1 heterocycles. The molecule has 0 N–H and O–H groups in total. The maximum Gasteiger partial charge on any atom is 0.339 e. The minimum absolute atomic E-state index is 0.0961. The fourth-order valence-corrected chi connectivity index (χ4v) is 5.04. The van der Waals surface area contributed by atoms with Crippen molar-refractivity contribution >= 4 is 27.6 Å². The van der Waals surface area contributed by atoms with Crippen molar-refractivity contribution in [1.29, 1.82) is 0 Å². The molecule has 2 aliphatic rings. The molecule has 0 spiro atoms. The van der Waals surface area contributed by atoms with Crippen LogP contribution in [-0.2, 0) is 14.8 Å². The van der Waals surface area contributed by atoms with Crippen molar-refractivity contribution in [2.24, 2.45) is 0 Å². The van der Waals surface area contributed by atoms with Gasteiger partial charge in [-0.05, 0) is 56.7 Å². The van der Waals surface area contributed by atoms with Gasteiger partial charge in [0.1, 0.15) is 6.10 Å². The van der Waals surface area contributed by atoms with Crippen molar-refractivity contribution in [3.05, 3.63) is 28.8 Å². The number of hydrogen-bond acceptors (Lipinski definition) is 4. The average Bonchev–Trinajstić information content (AvgIpc) is 3.11. The van der Waals surface area contributed by atoms with Crippen LogP contribution in [0.5, 0.6) is 0 Å². The zero-order valence-electron chi connectivity index (χ0n) is 13.5. The minimum atomic E-state index is -3.58. The first-order chi connectivity index (χ1) is 11.5. The summed E-state index contributed by atoms with van der Waals surface area (Å²) >= 11 is 6.11. The summed E-state index contributed by atoms with van der Waals surface area (Å²) in [5.41, 5.74) is 0.127. The van der Waals surface area contributed by atoms with E-state index >= 15 is 0 Å². The van der Waals surface area contributed by atoms with E-state index in [4.69, 9.17) is 16.3 Å². The molecule has 0 atom stereocenters. The van der Waals surface area contributed by atoms with Gasteiger partial charge in [0.05, 0.1) is 15.5 Å². The third-order valence-electron chi connectivity index (χ3n) is 4.69. The Labute approximate surface area is 148 Å². The molecule has 0 unspecified atom stereocenters. The highest BCUT2D eigenvalue weighted by Gasteiger charge is 2.29. The van der Waals surface area contributed by atoms with Gasteiger partial charge in [-0.1, -0.05) is 18.0 Å². The number of ether oxygens (including phenoxy) is 1. The van der Waals surface area contributed by atoms with E-state index in [1.54, 1.807) is 0 Å². The van der Waals surface area contributed by atoms with Crippen LogP contribution in [0.15, 0.2) is 23.1 Å². The molecular weight excluding hydrogens is 350 g/mol. The molecule has 0 bridgehead atoms. The predicted octanol–water partition coefficient (Wildman–Crippen LogP) is 3.61. The van der Waals surface area contributed by atoms with Gasteiger partial charge in [-0.15, -0.1) is 0 Å². The van der Waals surface area contributed by atoms with Crippen molar-refractivity contribution in [3.8, 4) is 0 Å². The van der Waals surface area contributed by atoms with Gasteiger partial charge in [-0.25, -0.2) is 13.2 Å². The lowest BCUT2D eigenvalue weighted by Gasteiger charge is -2.22. The molecule has 132 valence electrons. The maximum atomic E-state index is 12.6. The normalized spacial score (nSPS) is 20.2. The van der Waals surface area contributed by atoms with E-state index < -0.39 is 16.0 Å². The quantitative estimate of drug-likeness (QED) is 0.758. The van der Waals surface area contributed by atoms with Crippen molar-refractivity contribution in [1.82, 2.24) is 4.31 Å². The number of carbonyl (C=O) groups is 1. The Kier molecular flexibility index (Phi) is 5.47. The molecule has 1 saturated heterocycles. The van der Waals surface area contributed by atoms with Crippen LogP contribution in [-0.4, -0.2) is 37.9 Å². The van der Waals surface area contributed by atoms with Crippen LogP contribution in [0.25, 0.3) is 0 Å². The number of esters is 1. The van der Waals surface area contributed by atoms with Gasteiger partial charge in [0.25, 0.3) is 0 Å². The highest BCUT2D eigenvalue weighted by atomic mass is 35.5. The summed E-state index contributed by atoms with van der Waals surface area (Å²) in [6.45, 7) is 1.04. The number of carbonyl (C=O) groups excluding carboxylic acids is 1. The average molecular weight is 372 g/mol. The van der Waals surface area contributed by atoms with Gasteiger partial charge in [0.15, 0.2) is 0 Å². The summed E-state index contributed by atoms with van der Waals surface area (Å²) in [5.74, 6) is -0.537. The fourth-order valence-electron chi connectivity index (χ4n) is 3.30. The number of sulfonamides is 1. The first-order valence-corrected chi connectivity index (χ1v) is 10.3. The second-order valence-corrected chi connectivity index (χ2v) is 8.76. The second kappa shape index (κ2) is 7.42. The number of nitrogens with zero attached hydrogens (tertiary/aromatic N) is 1. The van der Waals surface area contributed by atoms with Gasteiger partial charge >= 0.3 is 5.97 Å². The van der Waals surface area contributed by atoms with E-state index in [1.165, 1.54) is 28.9 Å². The van der Waals surface area contributed by atoms with Crippen LogP contribution in [0.3, 0.4) is 0 Å². The Morgan fingerprint density at radius 1 is 1.08 bits per heavy atom. The zero-order valence-corrected chi connectivity index (χ0v) is 15.1. The molecule has 1 aromatic carbocycles. The van der Waals surface area contributed by atoms with Gasteiger partial charge in [-0.3, -0.25) is 0 Å². The molecule has 0 radical (unpaired) electrons. The van der Waals surface area contributed by atoms with E-state index in [0.717, 1.165) is 38.5 Å². The topological polar surface area (TPSA) is 63.7 Å². The molecule has 1 saturated carbocycles. The first-order valence-electron chi connectivity index (χ1n) is 8.49. The molecular formula is C17H22ClNO4S. The number of hydrogen-bond donors (Lipinski definition) is 0. The molecule has 2 fully saturated rings. The largest absolute Gasteiger partial charge is 0.459 e. The minimum Gasteiger partial charge on any atom is -0.459 e. The predicted molar refractivity (Wildman–Crippen MR) is 91.7 cm³/mol. The summed E-state index contributed by atoms with van der Waals surface area (Å²) in [7, 11) is -3.58.